The summed E-state index contributed by atoms with van der Waals surface area (Å²) in [6.07, 6.45) is 7.52. The zero-order valence-corrected chi connectivity index (χ0v) is 16.5. The maximum Gasteiger partial charge on any atom is 0.293 e. The van der Waals surface area contributed by atoms with Crippen molar-refractivity contribution in [2.45, 2.75) is 64.0 Å². The lowest BCUT2D eigenvalue weighted by molar-refractivity contribution is -0.383. The predicted molar refractivity (Wildman–Crippen MR) is 108 cm³/mol. The molecule has 0 aromatic heterocycles. The van der Waals surface area contributed by atoms with Crippen LogP contribution < -0.4 is 15.5 Å². The molecule has 0 unspecified atom stereocenters. The van der Waals surface area contributed by atoms with Crippen LogP contribution in [0.2, 0.25) is 0 Å². The van der Waals surface area contributed by atoms with Crippen molar-refractivity contribution in [1.82, 2.24) is 5.32 Å². The van der Waals surface area contributed by atoms with Gasteiger partial charge >= 0.3 is 0 Å². The summed E-state index contributed by atoms with van der Waals surface area (Å²) in [6.45, 7) is 2.24. The smallest absolute Gasteiger partial charge is 0.293 e. The van der Waals surface area contributed by atoms with E-state index in [1.807, 2.05) is 7.05 Å². The first-order valence-electron chi connectivity index (χ1n) is 9.94. The first kappa shape index (κ1) is 19.5. The van der Waals surface area contributed by atoms with Gasteiger partial charge in [0, 0.05) is 32.2 Å². The van der Waals surface area contributed by atoms with Gasteiger partial charge in [-0.2, -0.15) is 0 Å². The van der Waals surface area contributed by atoms with Gasteiger partial charge < -0.3 is 15.5 Å². The number of hydrogen-bond acceptors (Lipinski definition) is 5. The van der Waals surface area contributed by atoms with E-state index in [2.05, 4.69) is 22.5 Å². The molecule has 0 radical (unpaired) electrons. The summed E-state index contributed by atoms with van der Waals surface area (Å²) in [6, 6.07) is 3.71. The highest BCUT2D eigenvalue weighted by atomic mass is 16.6. The molecule has 27 heavy (non-hydrogen) atoms. The lowest BCUT2D eigenvalue weighted by Crippen LogP contribution is -2.40. The van der Waals surface area contributed by atoms with Crippen molar-refractivity contribution in [3.05, 3.63) is 27.8 Å². The van der Waals surface area contributed by atoms with Crippen molar-refractivity contribution >= 4 is 23.0 Å². The summed E-state index contributed by atoms with van der Waals surface area (Å²) >= 11 is 0. The molecule has 148 valence electrons. The molecule has 7 nitrogen and oxygen atoms in total. The van der Waals surface area contributed by atoms with Crippen molar-refractivity contribution < 1.29 is 9.72 Å². The number of anilines is 2. The van der Waals surface area contributed by atoms with E-state index >= 15 is 0 Å². The lowest BCUT2D eigenvalue weighted by Gasteiger charge is -2.37. The Morgan fingerprint density at radius 3 is 2.37 bits per heavy atom. The largest absolute Gasteiger partial charge is 0.383 e. The van der Waals surface area contributed by atoms with E-state index in [9.17, 15) is 14.9 Å². The molecule has 2 N–H and O–H groups in total. The van der Waals surface area contributed by atoms with E-state index < -0.39 is 4.92 Å². The first-order chi connectivity index (χ1) is 12.9. The molecule has 2 aliphatic rings. The number of nitro benzene ring substituents is 1. The molecule has 7 heteroatoms. The van der Waals surface area contributed by atoms with Crippen LogP contribution in [0.5, 0.6) is 0 Å². The van der Waals surface area contributed by atoms with Crippen LogP contribution in [0.15, 0.2) is 12.1 Å². The van der Waals surface area contributed by atoms with Gasteiger partial charge in [-0.1, -0.05) is 6.92 Å². The summed E-state index contributed by atoms with van der Waals surface area (Å²) < 4.78 is 0. The second-order valence-electron chi connectivity index (χ2n) is 8.02. The van der Waals surface area contributed by atoms with Crippen LogP contribution in [-0.2, 0) is 0 Å². The summed E-state index contributed by atoms with van der Waals surface area (Å²) in [5, 5.41) is 17.5. The Hall–Kier alpha value is -2.31. The van der Waals surface area contributed by atoms with Gasteiger partial charge in [-0.15, -0.1) is 0 Å². The molecule has 0 spiro atoms. The van der Waals surface area contributed by atoms with Crippen LogP contribution in [-0.4, -0.2) is 37.0 Å². The van der Waals surface area contributed by atoms with E-state index in [0.29, 0.717) is 23.2 Å². The fourth-order valence-corrected chi connectivity index (χ4v) is 4.04. The van der Waals surface area contributed by atoms with E-state index in [1.165, 1.54) is 12.5 Å². The molecule has 2 aliphatic carbocycles. The molecule has 0 heterocycles. The Morgan fingerprint density at radius 2 is 1.85 bits per heavy atom. The molecule has 0 bridgehead atoms. The third kappa shape index (κ3) is 4.17. The maximum atomic E-state index is 13.0. The van der Waals surface area contributed by atoms with Gasteiger partial charge in [-0.25, -0.2) is 0 Å². The maximum absolute atomic E-state index is 13.0. The fourth-order valence-electron chi connectivity index (χ4n) is 4.04. The molecule has 0 saturated heterocycles. The van der Waals surface area contributed by atoms with Crippen molar-refractivity contribution in [1.29, 1.82) is 0 Å². The van der Waals surface area contributed by atoms with Crippen LogP contribution in [0.25, 0.3) is 0 Å². The first-order valence-corrected chi connectivity index (χ1v) is 9.94. The normalized spacial score (nSPS) is 22.6. The quantitative estimate of drug-likeness (QED) is 0.582. The highest BCUT2D eigenvalue weighted by Gasteiger charge is 2.30. The Labute approximate surface area is 160 Å². The predicted octanol–water partition coefficient (Wildman–Crippen LogP) is 3.93. The summed E-state index contributed by atoms with van der Waals surface area (Å²) in [5.74, 6) is 0.496. The van der Waals surface area contributed by atoms with Crippen LogP contribution in [0.1, 0.15) is 62.2 Å². The molecule has 1 aromatic rings. The van der Waals surface area contributed by atoms with Crippen LogP contribution in [0.4, 0.5) is 17.1 Å². The van der Waals surface area contributed by atoms with Gasteiger partial charge in [-0.3, -0.25) is 14.9 Å². The number of carbonyl (C=O) groups is 1. The molecule has 3 rings (SSSR count). The molecule has 0 aliphatic heterocycles. The van der Waals surface area contributed by atoms with Crippen molar-refractivity contribution in [3.8, 4) is 0 Å². The summed E-state index contributed by atoms with van der Waals surface area (Å²) in [7, 11) is 3.64. The summed E-state index contributed by atoms with van der Waals surface area (Å²) in [5.41, 5.74) is 1.53. The molecule has 1 aromatic carbocycles. The van der Waals surface area contributed by atoms with Gasteiger partial charge in [0.1, 0.15) is 5.69 Å². The van der Waals surface area contributed by atoms with Crippen molar-refractivity contribution in [3.63, 3.8) is 0 Å². The third-order valence-corrected chi connectivity index (χ3v) is 6.18. The number of carbonyl (C=O) groups excluding carboxylic acids is 1. The second kappa shape index (κ2) is 8.15. The van der Waals surface area contributed by atoms with Crippen molar-refractivity contribution in [2.24, 2.45) is 5.92 Å². The minimum atomic E-state index is -0.433. The number of nitro groups is 1. The van der Waals surface area contributed by atoms with Crippen LogP contribution >= 0.6 is 0 Å². The SMILES string of the molecule is CNc1cc(N(C)C2CCC2)c(C(=O)NC2CCC(C)CC2)cc1[N+](=O)[O-]. The van der Waals surface area contributed by atoms with Gasteiger partial charge in [0.05, 0.1) is 16.2 Å². The van der Waals surface area contributed by atoms with Crippen LogP contribution in [0, 0.1) is 16.0 Å². The van der Waals surface area contributed by atoms with Gasteiger partial charge in [-0.05, 0) is 56.9 Å². The second-order valence-corrected chi connectivity index (χ2v) is 8.02. The minimum Gasteiger partial charge on any atom is -0.383 e. The zero-order valence-electron chi connectivity index (χ0n) is 16.5. The average Bonchev–Trinajstić information content (AvgIpc) is 2.60. The van der Waals surface area contributed by atoms with E-state index in [-0.39, 0.29) is 17.6 Å². The number of nitrogens with zero attached hydrogens (tertiary/aromatic N) is 2. The molecule has 2 fully saturated rings. The van der Waals surface area contributed by atoms with E-state index in [1.54, 1.807) is 13.1 Å². The molecule has 1 amide bonds. The molecular weight excluding hydrogens is 344 g/mol. The third-order valence-electron chi connectivity index (χ3n) is 6.18. The minimum absolute atomic E-state index is 0.0642. The van der Waals surface area contributed by atoms with Crippen LogP contribution in [0.3, 0.4) is 0 Å². The number of amides is 1. The molecule has 0 atom stereocenters. The molecule has 2 saturated carbocycles. The van der Waals surface area contributed by atoms with Gasteiger partial charge in [0.2, 0.25) is 0 Å². The Bertz CT molecular complexity index is 709. The topological polar surface area (TPSA) is 87.5 Å². The number of nitrogens with one attached hydrogen (secondary N) is 2. The number of hydrogen-bond donors (Lipinski definition) is 2. The van der Waals surface area contributed by atoms with E-state index in [4.69, 9.17) is 0 Å². The van der Waals surface area contributed by atoms with E-state index in [0.717, 1.165) is 44.2 Å². The standard InChI is InChI=1S/C20H30N4O3/c1-13-7-9-14(10-8-13)22-20(25)16-11-19(24(26)27)17(21-2)12-18(16)23(3)15-5-4-6-15/h11-15,21H,4-10H2,1-3H3,(H,22,25). The number of rotatable bonds is 6. The van der Waals surface area contributed by atoms with Gasteiger partial charge in [0.25, 0.3) is 11.6 Å². The lowest BCUT2D eigenvalue weighted by atomic mass is 9.87. The average molecular weight is 374 g/mol. The summed E-state index contributed by atoms with van der Waals surface area (Å²) in [4.78, 5) is 26.2. The molecular formula is C20H30N4O3. The fraction of sp³-hybridized carbons (Fsp3) is 0.650. The highest BCUT2D eigenvalue weighted by Crippen LogP contribution is 2.37. The van der Waals surface area contributed by atoms with Crippen molar-refractivity contribution in [2.75, 3.05) is 24.3 Å². The monoisotopic (exact) mass is 374 g/mol. The number of benzene rings is 1. The Morgan fingerprint density at radius 1 is 1.19 bits per heavy atom. The zero-order chi connectivity index (χ0) is 19.6. The Kier molecular flexibility index (Phi) is 5.87. The van der Waals surface area contributed by atoms with Gasteiger partial charge in [0.15, 0.2) is 0 Å². The Balaban J connectivity index is 1.91. The highest BCUT2D eigenvalue weighted by molar-refractivity contribution is 6.02.